The molecule has 0 bridgehead atoms. The van der Waals surface area contributed by atoms with Crippen molar-refractivity contribution in [1.29, 1.82) is 0 Å². The van der Waals surface area contributed by atoms with Crippen molar-refractivity contribution in [2.45, 2.75) is 38.1 Å². The summed E-state index contributed by atoms with van der Waals surface area (Å²) in [6.07, 6.45) is 0. The smallest absolute Gasteiger partial charge is 0.269 e. The number of non-ortho nitro benzene ring substituents is 1. The molecule has 0 radical (unpaired) electrons. The van der Waals surface area contributed by atoms with E-state index >= 15 is 0 Å². The zero-order chi connectivity index (χ0) is 16.1. The molecule has 0 saturated carbocycles. The maximum absolute atomic E-state index is 11.1. The van der Waals surface area contributed by atoms with Gasteiger partial charge in [-0.3, -0.25) is 15.0 Å². The van der Waals surface area contributed by atoms with Crippen molar-refractivity contribution < 1.29 is 19.6 Å². The lowest BCUT2D eigenvalue weighted by molar-refractivity contribution is -0.384. The standard InChI is InChI=1S/C15H20N2O5/c1-14(2,3)16-13-10(9-22-16)8-21-15(13,18)11-4-6-12(7-5-11)17(19)20/h4-7,10,13,18H,8-9H2,1-3H3/t10-,13+,15-/m0/s1. The van der Waals surface area contributed by atoms with E-state index in [9.17, 15) is 15.2 Å². The molecule has 2 aliphatic heterocycles. The number of nitro groups is 1. The van der Waals surface area contributed by atoms with Gasteiger partial charge in [0.2, 0.25) is 5.79 Å². The summed E-state index contributed by atoms with van der Waals surface area (Å²) in [4.78, 5) is 16.0. The van der Waals surface area contributed by atoms with E-state index in [4.69, 9.17) is 9.57 Å². The molecule has 0 unspecified atom stereocenters. The highest BCUT2D eigenvalue weighted by Crippen LogP contribution is 2.46. The molecular formula is C15H20N2O5. The summed E-state index contributed by atoms with van der Waals surface area (Å²) < 4.78 is 5.68. The highest BCUT2D eigenvalue weighted by Gasteiger charge is 2.59. The lowest BCUT2D eigenvalue weighted by Gasteiger charge is -2.40. The molecule has 0 aromatic heterocycles. The molecule has 1 aromatic carbocycles. The fraction of sp³-hybridized carbons (Fsp3) is 0.600. The molecule has 120 valence electrons. The van der Waals surface area contributed by atoms with Gasteiger partial charge < -0.3 is 9.84 Å². The highest BCUT2D eigenvalue weighted by molar-refractivity contribution is 5.36. The number of nitro benzene ring substituents is 1. The molecule has 2 fully saturated rings. The Morgan fingerprint density at radius 2 is 1.95 bits per heavy atom. The number of hydrogen-bond donors (Lipinski definition) is 1. The van der Waals surface area contributed by atoms with Gasteiger partial charge in [-0.2, -0.15) is 5.06 Å². The van der Waals surface area contributed by atoms with Gasteiger partial charge in [0.05, 0.1) is 18.1 Å². The fourth-order valence-corrected chi connectivity index (χ4v) is 3.16. The minimum absolute atomic E-state index is 0.0164. The summed E-state index contributed by atoms with van der Waals surface area (Å²) in [5, 5.41) is 23.6. The number of hydroxylamine groups is 2. The summed E-state index contributed by atoms with van der Waals surface area (Å²) in [5.74, 6) is -1.46. The highest BCUT2D eigenvalue weighted by atomic mass is 16.7. The van der Waals surface area contributed by atoms with E-state index in [0.29, 0.717) is 18.8 Å². The SMILES string of the molecule is CC(C)(C)N1OC[C@@H]2CO[C@@](O)(c3ccc([N+](=O)[O-])cc3)[C@@H]21. The van der Waals surface area contributed by atoms with Crippen LogP contribution in [0.1, 0.15) is 26.3 Å². The van der Waals surface area contributed by atoms with Gasteiger partial charge >= 0.3 is 0 Å². The van der Waals surface area contributed by atoms with Crippen molar-refractivity contribution >= 4 is 5.69 Å². The second-order valence-electron chi connectivity index (χ2n) is 6.81. The van der Waals surface area contributed by atoms with Gasteiger partial charge in [0.1, 0.15) is 6.04 Å². The van der Waals surface area contributed by atoms with Crippen LogP contribution in [0, 0.1) is 16.0 Å². The Bertz CT molecular complexity index is 583. The topological polar surface area (TPSA) is 85.1 Å². The maximum Gasteiger partial charge on any atom is 0.269 e. The van der Waals surface area contributed by atoms with Crippen LogP contribution >= 0.6 is 0 Å². The van der Waals surface area contributed by atoms with Crippen LogP contribution in [-0.2, 0) is 15.4 Å². The minimum atomic E-state index is -1.52. The quantitative estimate of drug-likeness (QED) is 0.662. The summed E-state index contributed by atoms with van der Waals surface area (Å²) in [6.45, 7) is 6.90. The Balaban J connectivity index is 1.96. The molecule has 0 amide bonds. The monoisotopic (exact) mass is 308 g/mol. The van der Waals surface area contributed by atoms with E-state index in [2.05, 4.69) is 0 Å². The second kappa shape index (κ2) is 4.99. The average Bonchev–Trinajstić information content (AvgIpc) is 3.01. The summed E-state index contributed by atoms with van der Waals surface area (Å²) >= 11 is 0. The van der Waals surface area contributed by atoms with Crippen LogP contribution < -0.4 is 0 Å². The molecule has 7 nitrogen and oxygen atoms in total. The number of ether oxygens (including phenoxy) is 1. The zero-order valence-corrected chi connectivity index (χ0v) is 12.9. The van der Waals surface area contributed by atoms with Crippen molar-refractivity contribution in [3.8, 4) is 0 Å². The van der Waals surface area contributed by atoms with Crippen LogP contribution in [0.2, 0.25) is 0 Å². The van der Waals surface area contributed by atoms with Gasteiger partial charge in [0, 0.05) is 29.2 Å². The Morgan fingerprint density at radius 1 is 1.32 bits per heavy atom. The van der Waals surface area contributed by atoms with Crippen LogP contribution in [-0.4, -0.2) is 39.9 Å². The minimum Gasteiger partial charge on any atom is -0.360 e. The molecule has 2 aliphatic rings. The summed E-state index contributed by atoms with van der Waals surface area (Å²) in [7, 11) is 0. The van der Waals surface area contributed by atoms with Crippen LogP contribution in [0.4, 0.5) is 5.69 Å². The van der Waals surface area contributed by atoms with Crippen molar-refractivity contribution in [2.75, 3.05) is 13.2 Å². The lowest BCUT2D eigenvalue weighted by atomic mass is 9.90. The summed E-state index contributed by atoms with van der Waals surface area (Å²) in [6, 6.07) is 5.50. The van der Waals surface area contributed by atoms with Crippen molar-refractivity contribution in [2.24, 2.45) is 5.92 Å². The molecule has 0 aliphatic carbocycles. The van der Waals surface area contributed by atoms with Crippen molar-refractivity contribution in [3.05, 3.63) is 39.9 Å². The number of hydrogen-bond acceptors (Lipinski definition) is 6. The molecule has 2 heterocycles. The van der Waals surface area contributed by atoms with Crippen LogP contribution in [0.3, 0.4) is 0 Å². The molecule has 22 heavy (non-hydrogen) atoms. The molecule has 3 atom stereocenters. The van der Waals surface area contributed by atoms with Gasteiger partial charge in [-0.05, 0) is 32.9 Å². The Morgan fingerprint density at radius 3 is 2.50 bits per heavy atom. The molecule has 1 aromatic rings. The lowest BCUT2D eigenvalue weighted by Crippen LogP contribution is -2.53. The Kier molecular flexibility index (Phi) is 3.48. The zero-order valence-electron chi connectivity index (χ0n) is 12.9. The maximum atomic E-state index is 11.1. The molecule has 0 spiro atoms. The predicted molar refractivity (Wildman–Crippen MR) is 77.8 cm³/mol. The molecule has 1 N–H and O–H groups in total. The third-order valence-electron chi connectivity index (χ3n) is 4.20. The normalized spacial score (nSPS) is 32.2. The van der Waals surface area contributed by atoms with E-state index in [-0.39, 0.29) is 23.2 Å². The van der Waals surface area contributed by atoms with E-state index in [0.717, 1.165) is 0 Å². The number of benzene rings is 1. The van der Waals surface area contributed by atoms with Gasteiger partial charge in [0.15, 0.2) is 0 Å². The molecule has 3 rings (SSSR count). The number of rotatable bonds is 2. The summed E-state index contributed by atoms with van der Waals surface area (Å²) in [5.41, 5.74) is 0.199. The van der Waals surface area contributed by atoms with Crippen molar-refractivity contribution in [1.82, 2.24) is 5.06 Å². The molecular weight excluding hydrogens is 288 g/mol. The van der Waals surface area contributed by atoms with Crippen LogP contribution in [0.5, 0.6) is 0 Å². The predicted octanol–water partition coefficient (Wildman–Crippen LogP) is 1.80. The second-order valence-corrected chi connectivity index (χ2v) is 6.81. The Labute approximate surface area is 128 Å². The fourth-order valence-electron chi connectivity index (χ4n) is 3.16. The first kappa shape index (κ1) is 15.4. The number of fused-ring (bicyclic) bond motifs is 1. The third kappa shape index (κ3) is 2.30. The van der Waals surface area contributed by atoms with Crippen molar-refractivity contribution in [3.63, 3.8) is 0 Å². The van der Waals surface area contributed by atoms with Crippen LogP contribution in [0.15, 0.2) is 24.3 Å². The Hall–Kier alpha value is -1.54. The van der Waals surface area contributed by atoms with Crippen LogP contribution in [0.25, 0.3) is 0 Å². The third-order valence-corrected chi connectivity index (χ3v) is 4.20. The largest absolute Gasteiger partial charge is 0.360 e. The van der Waals surface area contributed by atoms with Gasteiger partial charge in [-0.15, -0.1) is 0 Å². The van der Waals surface area contributed by atoms with Gasteiger partial charge in [0.25, 0.3) is 5.69 Å². The number of nitrogens with zero attached hydrogens (tertiary/aromatic N) is 2. The first-order valence-electron chi connectivity index (χ1n) is 7.27. The first-order valence-corrected chi connectivity index (χ1v) is 7.27. The number of aliphatic hydroxyl groups is 1. The van der Waals surface area contributed by atoms with Gasteiger partial charge in [-0.25, -0.2) is 0 Å². The van der Waals surface area contributed by atoms with Gasteiger partial charge in [-0.1, -0.05) is 0 Å². The van der Waals surface area contributed by atoms with E-state index in [1.165, 1.54) is 12.1 Å². The average molecular weight is 308 g/mol. The van der Waals surface area contributed by atoms with E-state index in [1.807, 2.05) is 20.8 Å². The molecule has 7 heteroatoms. The molecule has 2 saturated heterocycles. The first-order chi connectivity index (χ1) is 10.2. The van der Waals surface area contributed by atoms with E-state index in [1.54, 1.807) is 17.2 Å². The van der Waals surface area contributed by atoms with E-state index < -0.39 is 10.7 Å².